The summed E-state index contributed by atoms with van der Waals surface area (Å²) in [5.41, 5.74) is 0.150. The zero-order valence-electron chi connectivity index (χ0n) is 10.9. The van der Waals surface area contributed by atoms with E-state index in [0.717, 1.165) is 30.8 Å². The molecule has 0 unspecified atom stereocenters. The van der Waals surface area contributed by atoms with Crippen molar-refractivity contribution in [2.75, 3.05) is 13.1 Å². The Balaban J connectivity index is 2.11. The smallest absolute Gasteiger partial charge is 0.175 e. The number of hydrogen-bond donors (Lipinski definition) is 1. The molecule has 0 atom stereocenters. The van der Waals surface area contributed by atoms with Crippen molar-refractivity contribution in [1.82, 2.24) is 5.32 Å². The number of carbonyl (C=O) groups is 1. The summed E-state index contributed by atoms with van der Waals surface area (Å²) in [5.74, 6) is 0.592. The second kappa shape index (κ2) is 4.91. The molecule has 1 aromatic rings. The maximum Gasteiger partial charge on any atom is 0.175 e. The summed E-state index contributed by atoms with van der Waals surface area (Å²) >= 11 is 1.67. The molecule has 1 aliphatic rings. The molecule has 2 nitrogen and oxygen atoms in total. The standard InChI is InChI=1S/C14H21NOS/c1-14(2,3)12-5-4-11(17-12)13(16)10-6-8-15-9-7-10/h4-5,10,15H,6-9H2,1-3H3. The van der Waals surface area contributed by atoms with E-state index >= 15 is 0 Å². The molecule has 2 heterocycles. The molecule has 0 radical (unpaired) electrons. The van der Waals surface area contributed by atoms with E-state index in [-0.39, 0.29) is 11.3 Å². The second-order valence-electron chi connectivity index (χ2n) is 5.80. The van der Waals surface area contributed by atoms with Crippen molar-refractivity contribution < 1.29 is 4.79 Å². The van der Waals surface area contributed by atoms with Crippen LogP contribution in [-0.4, -0.2) is 18.9 Å². The molecule has 17 heavy (non-hydrogen) atoms. The van der Waals surface area contributed by atoms with Crippen molar-refractivity contribution in [2.24, 2.45) is 5.92 Å². The van der Waals surface area contributed by atoms with Crippen LogP contribution in [0.25, 0.3) is 0 Å². The summed E-state index contributed by atoms with van der Waals surface area (Å²) < 4.78 is 0. The number of carbonyl (C=O) groups excluding carboxylic acids is 1. The highest BCUT2D eigenvalue weighted by molar-refractivity contribution is 7.14. The van der Waals surface area contributed by atoms with Crippen molar-refractivity contribution in [3.8, 4) is 0 Å². The second-order valence-corrected chi connectivity index (χ2v) is 6.89. The van der Waals surface area contributed by atoms with Gasteiger partial charge in [-0.15, -0.1) is 11.3 Å². The maximum absolute atomic E-state index is 12.3. The quantitative estimate of drug-likeness (QED) is 0.818. The van der Waals surface area contributed by atoms with Gasteiger partial charge in [-0.25, -0.2) is 0 Å². The van der Waals surface area contributed by atoms with Crippen LogP contribution in [0, 0.1) is 5.92 Å². The fraction of sp³-hybridized carbons (Fsp3) is 0.643. The van der Waals surface area contributed by atoms with Crippen LogP contribution in [0.4, 0.5) is 0 Å². The van der Waals surface area contributed by atoms with Crippen LogP contribution in [0.5, 0.6) is 0 Å². The minimum absolute atomic E-state index is 0.150. The molecule has 0 aromatic carbocycles. The summed E-state index contributed by atoms with van der Waals surface area (Å²) in [4.78, 5) is 14.6. The van der Waals surface area contributed by atoms with Gasteiger partial charge >= 0.3 is 0 Å². The van der Waals surface area contributed by atoms with Gasteiger partial charge in [-0.3, -0.25) is 4.79 Å². The van der Waals surface area contributed by atoms with Gasteiger partial charge in [0.25, 0.3) is 0 Å². The van der Waals surface area contributed by atoms with Gasteiger partial charge in [0.1, 0.15) is 0 Å². The first-order valence-electron chi connectivity index (χ1n) is 6.34. The number of Topliss-reactive ketones (excluding diaryl/α,β-unsaturated/α-hetero) is 1. The van der Waals surface area contributed by atoms with Crippen molar-refractivity contribution in [2.45, 2.75) is 39.0 Å². The summed E-state index contributed by atoms with van der Waals surface area (Å²) in [7, 11) is 0. The number of piperidine rings is 1. The predicted molar refractivity (Wildman–Crippen MR) is 72.9 cm³/mol. The molecule has 2 rings (SSSR count). The van der Waals surface area contributed by atoms with Crippen molar-refractivity contribution in [1.29, 1.82) is 0 Å². The number of nitrogens with one attached hydrogen (secondary N) is 1. The molecule has 0 saturated carbocycles. The molecule has 1 aromatic heterocycles. The van der Waals surface area contributed by atoms with Crippen LogP contribution in [0.2, 0.25) is 0 Å². The minimum atomic E-state index is 0.150. The van der Waals surface area contributed by atoms with Gasteiger partial charge in [-0.1, -0.05) is 20.8 Å². The maximum atomic E-state index is 12.3. The van der Waals surface area contributed by atoms with E-state index in [1.807, 2.05) is 6.07 Å². The third-order valence-electron chi connectivity index (χ3n) is 3.30. The molecule has 0 amide bonds. The van der Waals surface area contributed by atoms with Gasteiger partial charge in [0.15, 0.2) is 5.78 Å². The topological polar surface area (TPSA) is 29.1 Å². The van der Waals surface area contributed by atoms with Crippen molar-refractivity contribution >= 4 is 17.1 Å². The Labute approximate surface area is 107 Å². The number of ketones is 1. The summed E-state index contributed by atoms with van der Waals surface area (Å²) in [6.45, 7) is 8.54. The van der Waals surface area contributed by atoms with E-state index in [9.17, 15) is 4.79 Å². The summed E-state index contributed by atoms with van der Waals surface area (Å²) in [6, 6.07) is 4.12. The van der Waals surface area contributed by atoms with E-state index in [1.54, 1.807) is 11.3 Å². The molecular weight excluding hydrogens is 230 g/mol. The van der Waals surface area contributed by atoms with Crippen LogP contribution < -0.4 is 5.32 Å². The fourth-order valence-corrected chi connectivity index (χ4v) is 3.24. The number of rotatable bonds is 2. The van der Waals surface area contributed by atoms with E-state index in [4.69, 9.17) is 0 Å². The van der Waals surface area contributed by atoms with E-state index in [1.165, 1.54) is 4.88 Å². The highest BCUT2D eigenvalue weighted by atomic mass is 32.1. The van der Waals surface area contributed by atoms with E-state index in [2.05, 4.69) is 32.2 Å². The first-order valence-corrected chi connectivity index (χ1v) is 7.15. The lowest BCUT2D eigenvalue weighted by molar-refractivity contribution is 0.0899. The Morgan fingerprint density at radius 2 is 1.94 bits per heavy atom. The Hall–Kier alpha value is -0.670. The summed E-state index contributed by atoms with van der Waals surface area (Å²) in [6.07, 6.45) is 1.98. The minimum Gasteiger partial charge on any atom is -0.317 e. The zero-order chi connectivity index (χ0) is 12.5. The third-order valence-corrected chi connectivity index (χ3v) is 4.82. The zero-order valence-corrected chi connectivity index (χ0v) is 11.7. The van der Waals surface area contributed by atoms with Gasteiger partial charge in [0, 0.05) is 10.8 Å². The first-order chi connectivity index (χ1) is 7.98. The highest BCUT2D eigenvalue weighted by Gasteiger charge is 2.25. The van der Waals surface area contributed by atoms with Crippen LogP contribution in [0.3, 0.4) is 0 Å². The van der Waals surface area contributed by atoms with Crippen LogP contribution in [0.15, 0.2) is 12.1 Å². The van der Waals surface area contributed by atoms with Gasteiger partial charge < -0.3 is 5.32 Å². The molecule has 1 N–H and O–H groups in total. The molecule has 0 bridgehead atoms. The Morgan fingerprint density at radius 3 is 2.47 bits per heavy atom. The Kier molecular flexibility index (Phi) is 3.69. The molecule has 0 spiro atoms. The van der Waals surface area contributed by atoms with Crippen molar-refractivity contribution in [3.63, 3.8) is 0 Å². The van der Waals surface area contributed by atoms with Crippen molar-refractivity contribution in [3.05, 3.63) is 21.9 Å². The van der Waals surface area contributed by atoms with Crippen LogP contribution in [-0.2, 0) is 5.41 Å². The molecule has 1 fully saturated rings. The largest absolute Gasteiger partial charge is 0.317 e. The van der Waals surface area contributed by atoms with E-state index in [0.29, 0.717) is 5.78 Å². The normalized spacial score (nSPS) is 18.3. The molecule has 94 valence electrons. The van der Waals surface area contributed by atoms with E-state index < -0.39 is 0 Å². The Morgan fingerprint density at radius 1 is 1.29 bits per heavy atom. The van der Waals surface area contributed by atoms with Gasteiger partial charge in [-0.05, 0) is 43.5 Å². The summed E-state index contributed by atoms with van der Waals surface area (Å²) in [5, 5.41) is 3.30. The average molecular weight is 251 g/mol. The predicted octanol–water partition coefficient (Wildman–Crippen LogP) is 3.23. The molecule has 1 saturated heterocycles. The lowest BCUT2D eigenvalue weighted by Gasteiger charge is -2.20. The van der Waals surface area contributed by atoms with Gasteiger partial charge in [0.2, 0.25) is 0 Å². The lowest BCUT2D eigenvalue weighted by Crippen LogP contribution is -2.31. The lowest BCUT2D eigenvalue weighted by atomic mass is 9.92. The number of hydrogen-bond acceptors (Lipinski definition) is 3. The SMILES string of the molecule is CC(C)(C)c1ccc(C(=O)C2CCNCC2)s1. The van der Waals surface area contributed by atoms with Gasteiger partial charge in [-0.2, -0.15) is 0 Å². The fourth-order valence-electron chi connectivity index (χ4n) is 2.16. The molecule has 1 aliphatic heterocycles. The number of thiophene rings is 1. The molecular formula is C14H21NOS. The van der Waals surface area contributed by atoms with Crippen LogP contribution in [0.1, 0.15) is 48.2 Å². The molecule has 3 heteroatoms. The first kappa shape index (κ1) is 12.8. The highest BCUT2D eigenvalue weighted by Crippen LogP contribution is 2.31. The molecule has 0 aliphatic carbocycles. The third kappa shape index (κ3) is 2.96. The monoisotopic (exact) mass is 251 g/mol. The van der Waals surface area contributed by atoms with Crippen LogP contribution >= 0.6 is 11.3 Å². The van der Waals surface area contributed by atoms with Gasteiger partial charge in [0.05, 0.1) is 4.88 Å². The Bertz CT molecular complexity index is 397. The average Bonchev–Trinajstić information content (AvgIpc) is 2.78.